The van der Waals surface area contributed by atoms with Crippen molar-refractivity contribution >= 4 is 11.5 Å². The normalized spacial score (nSPS) is 23.9. The van der Waals surface area contributed by atoms with Crippen LogP contribution in [0.1, 0.15) is 22.7 Å². The van der Waals surface area contributed by atoms with Crippen LogP contribution in [0.3, 0.4) is 0 Å². The van der Waals surface area contributed by atoms with E-state index in [9.17, 15) is 0 Å². The number of ether oxygens (including phenoxy) is 2. The van der Waals surface area contributed by atoms with Crippen molar-refractivity contribution in [2.45, 2.75) is 11.8 Å². The summed E-state index contributed by atoms with van der Waals surface area (Å²) in [7, 11) is 0. The summed E-state index contributed by atoms with van der Waals surface area (Å²) in [5.41, 5.74) is 10.5. The Labute approximate surface area is 134 Å². The first-order chi connectivity index (χ1) is 11.3. The van der Waals surface area contributed by atoms with Gasteiger partial charge in [0, 0.05) is 16.8 Å². The molecule has 2 aromatic carbocycles. The zero-order valence-electron chi connectivity index (χ0n) is 12.6. The molecule has 116 valence electrons. The van der Waals surface area contributed by atoms with Crippen LogP contribution in [0.5, 0.6) is 0 Å². The number of nitrogens with two attached hydrogens (primary N) is 1. The van der Waals surface area contributed by atoms with Crippen molar-refractivity contribution in [3.05, 3.63) is 65.2 Å². The van der Waals surface area contributed by atoms with Gasteiger partial charge in [0.1, 0.15) is 18.5 Å². The highest BCUT2D eigenvalue weighted by molar-refractivity contribution is 5.94. The quantitative estimate of drug-likeness (QED) is 0.810. The van der Waals surface area contributed by atoms with Gasteiger partial charge in [-0.3, -0.25) is 0 Å². The molecule has 1 atom stereocenters. The first kappa shape index (κ1) is 13.1. The van der Waals surface area contributed by atoms with Crippen molar-refractivity contribution < 1.29 is 9.47 Å². The Morgan fingerprint density at radius 3 is 2.52 bits per heavy atom. The van der Waals surface area contributed by atoms with Gasteiger partial charge in [-0.05, 0) is 11.6 Å². The molecule has 0 aliphatic carbocycles. The Bertz CT molecular complexity index is 811. The smallest absolute Gasteiger partial charge is 0.224 e. The molecule has 3 aliphatic rings. The predicted octanol–water partition coefficient (Wildman–Crippen LogP) is 2.12. The van der Waals surface area contributed by atoms with Crippen LogP contribution in [0.25, 0.3) is 0 Å². The molecule has 1 fully saturated rings. The average molecular weight is 307 g/mol. The highest BCUT2D eigenvalue weighted by atomic mass is 16.7. The number of anilines is 1. The number of rotatable bonds is 0. The van der Waals surface area contributed by atoms with E-state index in [1.165, 1.54) is 0 Å². The van der Waals surface area contributed by atoms with Crippen LogP contribution in [0.2, 0.25) is 0 Å². The van der Waals surface area contributed by atoms with E-state index in [2.05, 4.69) is 34.2 Å². The molecule has 0 radical (unpaired) electrons. The molecule has 0 aromatic heterocycles. The summed E-state index contributed by atoms with van der Waals surface area (Å²) in [6.45, 7) is 1.71. The van der Waals surface area contributed by atoms with E-state index < -0.39 is 5.79 Å². The van der Waals surface area contributed by atoms with Gasteiger partial charge in [0.15, 0.2) is 0 Å². The van der Waals surface area contributed by atoms with Gasteiger partial charge in [-0.25, -0.2) is 4.99 Å². The van der Waals surface area contributed by atoms with Crippen LogP contribution >= 0.6 is 0 Å². The van der Waals surface area contributed by atoms with Gasteiger partial charge in [0.05, 0.1) is 13.2 Å². The van der Waals surface area contributed by atoms with E-state index >= 15 is 0 Å². The van der Waals surface area contributed by atoms with Crippen molar-refractivity contribution in [1.29, 1.82) is 0 Å². The summed E-state index contributed by atoms with van der Waals surface area (Å²) in [6, 6.07) is 16.4. The minimum atomic E-state index is -0.849. The van der Waals surface area contributed by atoms with Crippen molar-refractivity contribution in [1.82, 2.24) is 0 Å². The van der Waals surface area contributed by atoms with E-state index in [-0.39, 0.29) is 6.04 Å². The van der Waals surface area contributed by atoms with Crippen molar-refractivity contribution in [2.75, 3.05) is 24.8 Å². The molecule has 2 N–H and O–H groups in total. The monoisotopic (exact) mass is 307 g/mol. The number of hydrogen-bond acceptors (Lipinski definition) is 5. The summed E-state index contributed by atoms with van der Waals surface area (Å²) in [5, 5.41) is 0. The van der Waals surface area contributed by atoms with E-state index in [4.69, 9.17) is 15.2 Å². The van der Waals surface area contributed by atoms with Gasteiger partial charge in [-0.2, -0.15) is 0 Å². The molecule has 0 saturated carbocycles. The van der Waals surface area contributed by atoms with E-state index in [0.717, 1.165) is 22.4 Å². The maximum atomic E-state index is 6.24. The van der Waals surface area contributed by atoms with Gasteiger partial charge in [0.25, 0.3) is 0 Å². The number of hydrogen-bond donors (Lipinski definition) is 1. The molecule has 2 aromatic rings. The number of nitrogens with zero attached hydrogens (tertiary/aromatic N) is 2. The fourth-order valence-corrected chi connectivity index (χ4v) is 3.93. The van der Waals surface area contributed by atoms with Crippen LogP contribution in [0.15, 0.2) is 53.5 Å². The Kier molecular flexibility index (Phi) is 2.60. The third-order valence-electron chi connectivity index (χ3n) is 4.87. The SMILES string of the molecule is NC1=NCN2c3ccccc3C3(OCCO3)c3ccccc3C12. The van der Waals surface area contributed by atoms with Crippen molar-refractivity contribution in [3.63, 3.8) is 0 Å². The van der Waals surface area contributed by atoms with E-state index in [1.807, 2.05) is 24.3 Å². The topological polar surface area (TPSA) is 60.1 Å². The molecular formula is C18H17N3O2. The van der Waals surface area contributed by atoms with Gasteiger partial charge < -0.3 is 20.1 Å². The van der Waals surface area contributed by atoms with E-state index in [1.54, 1.807) is 0 Å². The van der Waals surface area contributed by atoms with Gasteiger partial charge in [-0.15, -0.1) is 0 Å². The number of aliphatic imine (C=N–C) groups is 1. The zero-order valence-corrected chi connectivity index (χ0v) is 12.6. The van der Waals surface area contributed by atoms with Crippen molar-refractivity contribution in [3.8, 4) is 0 Å². The van der Waals surface area contributed by atoms with E-state index in [0.29, 0.717) is 25.7 Å². The Hall–Kier alpha value is -2.37. The molecule has 5 heteroatoms. The molecule has 3 heterocycles. The fraction of sp³-hybridized carbons (Fsp3) is 0.278. The van der Waals surface area contributed by atoms with Crippen LogP contribution in [0.4, 0.5) is 5.69 Å². The second-order valence-electron chi connectivity index (χ2n) is 6.01. The Morgan fingerprint density at radius 2 is 1.70 bits per heavy atom. The molecule has 3 aliphatic heterocycles. The molecule has 23 heavy (non-hydrogen) atoms. The van der Waals surface area contributed by atoms with Crippen LogP contribution in [-0.2, 0) is 15.3 Å². The third-order valence-corrected chi connectivity index (χ3v) is 4.87. The molecule has 1 saturated heterocycles. The fourth-order valence-electron chi connectivity index (χ4n) is 3.93. The van der Waals surface area contributed by atoms with Gasteiger partial charge >= 0.3 is 0 Å². The van der Waals surface area contributed by atoms with Gasteiger partial charge in [0.2, 0.25) is 5.79 Å². The minimum absolute atomic E-state index is 0.0699. The molecular weight excluding hydrogens is 290 g/mol. The maximum Gasteiger partial charge on any atom is 0.224 e. The Balaban J connectivity index is 1.87. The average Bonchev–Trinajstić information content (AvgIpc) is 3.20. The van der Waals surface area contributed by atoms with Crippen molar-refractivity contribution in [2.24, 2.45) is 10.7 Å². The standard InChI is InChI=1S/C18H17N3O2/c19-17-16-12-5-1-2-6-13(12)18(22-9-10-23-18)14-7-3-4-8-15(14)21(16)11-20-17/h1-8,16H,9-11H2,(H2,19,20). The lowest BCUT2D eigenvalue weighted by Gasteiger charge is -2.30. The lowest BCUT2D eigenvalue weighted by Crippen LogP contribution is -2.31. The maximum absolute atomic E-state index is 6.24. The predicted molar refractivity (Wildman–Crippen MR) is 87.3 cm³/mol. The first-order valence-electron chi connectivity index (χ1n) is 7.84. The van der Waals surface area contributed by atoms with Gasteiger partial charge in [-0.1, -0.05) is 42.5 Å². The highest BCUT2D eigenvalue weighted by Gasteiger charge is 2.49. The summed E-state index contributed by atoms with van der Waals surface area (Å²) in [6.07, 6.45) is 0. The number of fused-ring (bicyclic) bond motifs is 7. The second kappa shape index (κ2) is 4.57. The number of amidine groups is 1. The largest absolute Gasteiger partial charge is 0.385 e. The van der Waals surface area contributed by atoms with Crippen LogP contribution in [0, 0.1) is 0 Å². The molecule has 1 spiro atoms. The zero-order chi connectivity index (χ0) is 15.4. The van der Waals surface area contributed by atoms with Crippen LogP contribution < -0.4 is 10.6 Å². The second-order valence-corrected chi connectivity index (χ2v) is 6.01. The lowest BCUT2D eigenvalue weighted by atomic mass is 9.91. The first-order valence-corrected chi connectivity index (χ1v) is 7.84. The molecule has 0 amide bonds. The highest BCUT2D eigenvalue weighted by Crippen LogP contribution is 2.50. The summed E-state index contributed by atoms with van der Waals surface area (Å²) in [5.74, 6) is -0.208. The summed E-state index contributed by atoms with van der Waals surface area (Å²) < 4.78 is 12.4. The third kappa shape index (κ3) is 1.61. The number of benzene rings is 2. The minimum Gasteiger partial charge on any atom is -0.385 e. The number of para-hydroxylation sites is 1. The Morgan fingerprint density at radius 1 is 1.00 bits per heavy atom. The summed E-state index contributed by atoms with van der Waals surface area (Å²) in [4.78, 5) is 6.70. The summed E-state index contributed by atoms with van der Waals surface area (Å²) >= 11 is 0. The van der Waals surface area contributed by atoms with Crippen LogP contribution in [-0.4, -0.2) is 25.7 Å². The molecule has 5 rings (SSSR count). The molecule has 5 nitrogen and oxygen atoms in total. The molecule has 0 bridgehead atoms. The lowest BCUT2D eigenvalue weighted by molar-refractivity contribution is -0.129. The molecule has 1 unspecified atom stereocenters.